The molecule has 0 amide bonds. The van der Waals surface area contributed by atoms with Crippen LogP contribution in [0.2, 0.25) is 5.02 Å². The molecule has 0 radical (unpaired) electrons. The Morgan fingerprint density at radius 3 is 2.52 bits per heavy atom. The Bertz CT molecular complexity index is 968. The number of rotatable bonds is 9. The van der Waals surface area contributed by atoms with Crippen molar-refractivity contribution in [3.05, 3.63) is 59.4 Å². The summed E-state index contributed by atoms with van der Waals surface area (Å²) in [6.07, 6.45) is 0.0747. The fourth-order valence-electron chi connectivity index (χ4n) is 2.43. The van der Waals surface area contributed by atoms with Crippen molar-refractivity contribution in [3.63, 3.8) is 0 Å². The highest BCUT2D eigenvalue weighted by Gasteiger charge is 2.11. The summed E-state index contributed by atoms with van der Waals surface area (Å²) in [6, 6.07) is 14.7. The highest BCUT2D eigenvalue weighted by atomic mass is 35.5. The summed E-state index contributed by atoms with van der Waals surface area (Å²) in [4.78, 5) is 25.7. The molecule has 0 fully saturated rings. The molecule has 0 bridgehead atoms. The average Bonchev–Trinajstić information content (AvgIpc) is 2.69. The first kappa shape index (κ1) is 20.9. The average molecular weight is 430 g/mol. The Morgan fingerprint density at radius 2 is 1.83 bits per heavy atom. The summed E-state index contributed by atoms with van der Waals surface area (Å²) in [5.74, 6) is 1.74. The van der Waals surface area contributed by atoms with Gasteiger partial charge in [-0.05, 0) is 55.5 Å². The van der Waals surface area contributed by atoms with E-state index in [4.69, 9.17) is 22.1 Å². The number of thioether (sulfide) groups is 1. The van der Waals surface area contributed by atoms with Crippen molar-refractivity contribution >= 4 is 46.7 Å². The van der Waals surface area contributed by atoms with Crippen LogP contribution in [0.25, 0.3) is 0 Å². The van der Waals surface area contributed by atoms with E-state index in [-0.39, 0.29) is 24.1 Å². The maximum atomic E-state index is 12.3. The molecule has 0 saturated heterocycles. The number of nitrogen functional groups attached to an aromatic ring is 1. The second-order valence-electron chi connectivity index (χ2n) is 5.97. The summed E-state index contributed by atoms with van der Waals surface area (Å²) in [5, 5.41) is 3.73. The smallest absolute Gasteiger partial charge is 0.232 e. The molecule has 0 atom stereocenters. The zero-order chi connectivity index (χ0) is 20.6. The molecule has 0 saturated carbocycles. The standard InChI is InChI=1S/C20H20ClN5O2S/c1-2-28-16-7-5-14(6-8-16)23-20-25-18(24-19(22)26-20)11-15(27)12-29-17-9-3-13(21)4-10-17/h3-10H,2,11-12H2,1H3,(H3,22,23,24,25,26). The van der Waals surface area contributed by atoms with E-state index in [2.05, 4.69) is 20.3 Å². The Labute approximate surface area is 178 Å². The van der Waals surface area contributed by atoms with E-state index in [0.29, 0.717) is 23.2 Å². The number of hydrogen-bond acceptors (Lipinski definition) is 8. The second kappa shape index (κ2) is 10.1. The lowest BCUT2D eigenvalue weighted by atomic mass is 10.3. The molecule has 1 heterocycles. The van der Waals surface area contributed by atoms with E-state index in [0.717, 1.165) is 16.3 Å². The first-order valence-corrected chi connectivity index (χ1v) is 10.3. The van der Waals surface area contributed by atoms with Crippen LogP contribution in [-0.4, -0.2) is 33.1 Å². The minimum absolute atomic E-state index is 0.0115. The molecule has 0 aliphatic heterocycles. The van der Waals surface area contributed by atoms with E-state index >= 15 is 0 Å². The van der Waals surface area contributed by atoms with Gasteiger partial charge < -0.3 is 15.8 Å². The van der Waals surface area contributed by atoms with Gasteiger partial charge in [0.15, 0.2) is 5.78 Å². The topological polar surface area (TPSA) is 103 Å². The largest absolute Gasteiger partial charge is 0.494 e. The third-order valence-electron chi connectivity index (χ3n) is 3.69. The maximum absolute atomic E-state index is 12.3. The van der Waals surface area contributed by atoms with Crippen LogP contribution >= 0.6 is 23.4 Å². The molecule has 0 spiro atoms. The molecular formula is C20H20ClN5O2S. The number of nitrogens with zero attached hydrogens (tertiary/aromatic N) is 3. The number of ketones is 1. The lowest BCUT2D eigenvalue weighted by molar-refractivity contribution is -0.116. The van der Waals surface area contributed by atoms with Gasteiger partial charge in [-0.15, -0.1) is 11.8 Å². The third kappa shape index (κ3) is 6.62. The highest BCUT2D eigenvalue weighted by molar-refractivity contribution is 8.00. The van der Waals surface area contributed by atoms with Crippen LogP contribution in [0.1, 0.15) is 12.7 Å². The molecule has 2 aromatic carbocycles. The van der Waals surface area contributed by atoms with Crippen molar-refractivity contribution in [2.75, 3.05) is 23.4 Å². The number of carbonyl (C=O) groups excluding carboxylic acids is 1. The van der Waals surface area contributed by atoms with Gasteiger partial charge >= 0.3 is 0 Å². The van der Waals surface area contributed by atoms with Crippen molar-refractivity contribution in [2.24, 2.45) is 0 Å². The minimum Gasteiger partial charge on any atom is -0.494 e. The fourth-order valence-corrected chi connectivity index (χ4v) is 3.31. The normalized spacial score (nSPS) is 10.6. The van der Waals surface area contributed by atoms with Crippen LogP contribution in [0.3, 0.4) is 0 Å². The van der Waals surface area contributed by atoms with Crippen LogP contribution in [-0.2, 0) is 11.2 Å². The van der Waals surface area contributed by atoms with E-state index in [1.54, 1.807) is 12.1 Å². The second-order valence-corrected chi connectivity index (χ2v) is 7.46. The van der Waals surface area contributed by atoms with Crippen molar-refractivity contribution in [1.82, 2.24) is 15.0 Å². The number of aromatic nitrogens is 3. The predicted molar refractivity (Wildman–Crippen MR) is 116 cm³/mol. The Morgan fingerprint density at radius 1 is 1.10 bits per heavy atom. The number of ether oxygens (including phenoxy) is 1. The van der Waals surface area contributed by atoms with Gasteiger partial charge in [0, 0.05) is 15.6 Å². The van der Waals surface area contributed by atoms with Crippen molar-refractivity contribution in [2.45, 2.75) is 18.2 Å². The maximum Gasteiger partial charge on any atom is 0.232 e. The van der Waals surface area contributed by atoms with Crippen LogP contribution in [0.4, 0.5) is 17.6 Å². The zero-order valence-corrected chi connectivity index (χ0v) is 17.3. The molecule has 1 aromatic heterocycles. The lowest BCUT2D eigenvalue weighted by Gasteiger charge is -2.08. The predicted octanol–water partition coefficient (Wildman–Crippen LogP) is 4.15. The van der Waals surface area contributed by atoms with Gasteiger partial charge in [-0.3, -0.25) is 4.79 Å². The molecule has 3 N–H and O–H groups in total. The van der Waals surface area contributed by atoms with Crippen LogP contribution in [0.5, 0.6) is 5.75 Å². The first-order valence-electron chi connectivity index (χ1n) is 8.92. The Kier molecular flexibility index (Phi) is 7.26. The van der Waals surface area contributed by atoms with Crippen LogP contribution in [0.15, 0.2) is 53.4 Å². The highest BCUT2D eigenvalue weighted by Crippen LogP contribution is 2.21. The van der Waals surface area contributed by atoms with E-state index < -0.39 is 0 Å². The molecule has 29 heavy (non-hydrogen) atoms. The third-order valence-corrected chi connectivity index (χ3v) is 5.01. The van der Waals surface area contributed by atoms with Crippen LogP contribution < -0.4 is 15.8 Å². The molecular weight excluding hydrogens is 410 g/mol. The van der Waals surface area contributed by atoms with Gasteiger partial charge in [-0.2, -0.15) is 15.0 Å². The van der Waals surface area contributed by atoms with Gasteiger partial charge in [0.25, 0.3) is 0 Å². The number of nitrogens with two attached hydrogens (primary N) is 1. The summed E-state index contributed by atoms with van der Waals surface area (Å²) in [7, 11) is 0. The lowest BCUT2D eigenvalue weighted by Crippen LogP contribution is -2.12. The summed E-state index contributed by atoms with van der Waals surface area (Å²) in [5.41, 5.74) is 6.55. The number of hydrogen-bond donors (Lipinski definition) is 2. The SMILES string of the molecule is CCOc1ccc(Nc2nc(N)nc(CC(=O)CSc3ccc(Cl)cc3)n2)cc1. The molecule has 3 aromatic rings. The van der Waals surface area contributed by atoms with Gasteiger partial charge in [-0.25, -0.2) is 0 Å². The van der Waals surface area contributed by atoms with Gasteiger partial charge in [0.1, 0.15) is 11.6 Å². The van der Waals surface area contributed by atoms with Gasteiger partial charge in [0.05, 0.1) is 18.8 Å². The fraction of sp³-hybridized carbons (Fsp3) is 0.200. The molecule has 150 valence electrons. The molecule has 0 unspecified atom stereocenters. The number of nitrogens with one attached hydrogen (secondary N) is 1. The Balaban J connectivity index is 1.60. The summed E-state index contributed by atoms with van der Waals surface area (Å²) in [6.45, 7) is 2.53. The van der Waals surface area contributed by atoms with E-state index in [1.165, 1.54) is 11.8 Å². The van der Waals surface area contributed by atoms with E-state index in [9.17, 15) is 4.79 Å². The monoisotopic (exact) mass is 429 g/mol. The molecule has 3 rings (SSSR count). The van der Waals surface area contributed by atoms with Gasteiger partial charge in [0.2, 0.25) is 11.9 Å². The quantitative estimate of drug-likeness (QED) is 0.489. The van der Waals surface area contributed by atoms with Gasteiger partial charge in [-0.1, -0.05) is 11.6 Å². The number of Topliss-reactive ketones (excluding diaryl/α,β-unsaturated/α-hetero) is 1. The zero-order valence-electron chi connectivity index (χ0n) is 15.8. The molecule has 7 nitrogen and oxygen atoms in total. The molecule has 0 aliphatic carbocycles. The summed E-state index contributed by atoms with van der Waals surface area (Å²) < 4.78 is 5.42. The van der Waals surface area contributed by atoms with Crippen molar-refractivity contribution < 1.29 is 9.53 Å². The number of anilines is 3. The number of carbonyl (C=O) groups is 1. The minimum atomic E-state index is -0.0115. The van der Waals surface area contributed by atoms with E-state index in [1.807, 2.05) is 43.3 Å². The van der Waals surface area contributed by atoms with Crippen molar-refractivity contribution in [3.8, 4) is 5.75 Å². The number of benzene rings is 2. The first-order chi connectivity index (χ1) is 14.0. The summed E-state index contributed by atoms with van der Waals surface area (Å²) >= 11 is 7.30. The van der Waals surface area contributed by atoms with Crippen LogP contribution in [0, 0.1) is 0 Å². The number of halogens is 1. The molecule has 0 aliphatic rings. The van der Waals surface area contributed by atoms with Crippen molar-refractivity contribution in [1.29, 1.82) is 0 Å². The Hall–Kier alpha value is -2.84. The molecule has 9 heteroatoms.